The van der Waals surface area contributed by atoms with Gasteiger partial charge in [-0.25, -0.2) is 0 Å². The Morgan fingerprint density at radius 1 is 1.45 bits per heavy atom. The summed E-state index contributed by atoms with van der Waals surface area (Å²) in [4.78, 5) is 2.71. The fraction of sp³-hybridized carbons (Fsp3) is 0.812. The SMILES string of the molecule is CCC1CNC(C)(C2CC2)CN1CCc1ccnn1C. The lowest BCUT2D eigenvalue weighted by molar-refractivity contribution is 0.0735. The molecule has 3 rings (SSSR count). The summed E-state index contributed by atoms with van der Waals surface area (Å²) in [6, 6.07) is 2.83. The Kier molecular flexibility index (Phi) is 3.87. The molecule has 0 amide bonds. The van der Waals surface area contributed by atoms with Crippen LogP contribution < -0.4 is 5.32 Å². The first-order chi connectivity index (χ1) is 9.62. The molecule has 0 spiro atoms. The lowest BCUT2D eigenvalue weighted by Crippen LogP contribution is -2.64. The van der Waals surface area contributed by atoms with Crippen LogP contribution in [0.4, 0.5) is 0 Å². The third kappa shape index (κ3) is 2.77. The van der Waals surface area contributed by atoms with E-state index in [1.807, 2.05) is 17.9 Å². The van der Waals surface area contributed by atoms with Crippen LogP contribution >= 0.6 is 0 Å². The number of hydrogen-bond acceptors (Lipinski definition) is 3. The van der Waals surface area contributed by atoms with Crippen LogP contribution in [0.3, 0.4) is 0 Å². The molecule has 2 fully saturated rings. The monoisotopic (exact) mass is 276 g/mol. The van der Waals surface area contributed by atoms with Gasteiger partial charge in [-0.2, -0.15) is 5.10 Å². The van der Waals surface area contributed by atoms with Gasteiger partial charge in [-0.15, -0.1) is 0 Å². The zero-order valence-corrected chi connectivity index (χ0v) is 13.1. The zero-order chi connectivity index (χ0) is 14.2. The molecule has 1 aliphatic heterocycles. The second kappa shape index (κ2) is 5.49. The standard InChI is InChI=1S/C16H28N4/c1-4-14-11-17-16(2,13-5-6-13)12-20(14)10-8-15-7-9-18-19(15)3/h7,9,13-14,17H,4-6,8,10-12H2,1-3H3. The van der Waals surface area contributed by atoms with Gasteiger partial charge in [0.2, 0.25) is 0 Å². The number of rotatable bonds is 5. The van der Waals surface area contributed by atoms with Crippen molar-refractivity contribution in [3.63, 3.8) is 0 Å². The number of aryl methyl sites for hydroxylation is 1. The number of nitrogens with zero attached hydrogens (tertiary/aromatic N) is 3. The minimum atomic E-state index is 0.345. The van der Waals surface area contributed by atoms with Crippen LogP contribution in [0.25, 0.3) is 0 Å². The predicted molar refractivity (Wildman–Crippen MR) is 81.7 cm³/mol. The molecule has 1 N–H and O–H groups in total. The maximum absolute atomic E-state index is 4.27. The largest absolute Gasteiger partial charge is 0.308 e. The van der Waals surface area contributed by atoms with Crippen molar-refractivity contribution in [3.05, 3.63) is 18.0 Å². The lowest BCUT2D eigenvalue weighted by Gasteiger charge is -2.46. The first kappa shape index (κ1) is 14.1. The van der Waals surface area contributed by atoms with Gasteiger partial charge in [0.15, 0.2) is 0 Å². The first-order valence-electron chi connectivity index (χ1n) is 8.08. The lowest BCUT2D eigenvalue weighted by atomic mass is 9.90. The maximum atomic E-state index is 4.27. The van der Waals surface area contributed by atoms with Crippen LogP contribution in [-0.2, 0) is 13.5 Å². The zero-order valence-electron chi connectivity index (χ0n) is 13.1. The molecule has 2 heterocycles. The van der Waals surface area contributed by atoms with Crippen LogP contribution in [0.15, 0.2) is 12.3 Å². The van der Waals surface area contributed by atoms with Gasteiger partial charge in [0.05, 0.1) is 0 Å². The molecule has 0 radical (unpaired) electrons. The highest BCUT2D eigenvalue weighted by Gasteiger charge is 2.45. The average molecular weight is 276 g/mol. The van der Waals surface area contributed by atoms with E-state index in [2.05, 4.69) is 35.2 Å². The summed E-state index contributed by atoms with van der Waals surface area (Å²) in [7, 11) is 2.04. The minimum absolute atomic E-state index is 0.345. The number of piperazine rings is 1. The second-order valence-corrected chi connectivity index (χ2v) is 6.80. The summed E-state index contributed by atoms with van der Waals surface area (Å²) in [5.41, 5.74) is 1.68. The second-order valence-electron chi connectivity index (χ2n) is 6.80. The Balaban J connectivity index is 1.63. The van der Waals surface area contributed by atoms with Crippen LogP contribution in [0.2, 0.25) is 0 Å². The molecule has 0 bridgehead atoms. The Labute approximate surface area is 122 Å². The normalized spacial score (nSPS) is 31.6. The summed E-state index contributed by atoms with van der Waals surface area (Å²) < 4.78 is 2.00. The molecule has 1 aromatic heterocycles. The fourth-order valence-electron chi connectivity index (χ4n) is 3.65. The van der Waals surface area contributed by atoms with Crippen molar-refractivity contribution < 1.29 is 0 Å². The molecular weight excluding hydrogens is 248 g/mol. The molecule has 2 atom stereocenters. The van der Waals surface area contributed by atoms with E-state index in [9.17, 15) is 0 Å². The summed E-state index contributed by atoms with van der Waals surface area (Å²) in [5.74, 6) is 0.902. The van der Waals surface area contributed by atoms with Crippen molar-refractivity contribution in [1.29, 1.82) is 0 Å². The van der Waals surface area contributed by atoms with Crippen molar-refractivity contribution in [2.45, 2.75) is 51.1 Å². The fourth-order valence-corrected chi connectivity index (χ4v) is 3.65. The van der Waals surface area contributed by atoms with Gasteiger partial charge in [0.25, 0.3) is 0 Å². The van der Waals surface area contributed by atoms with E-state index >= 15 is 0 Å². The summed E-state index contributed by atoms with van der Waals surface area (Å²) in [5, 5.41) is 8.11. The average Bonchev–Trinajstić information content (AvgIpc) is 3.22. The molecule has 20 heavy (non-hydrogen) atoms. The van der Waals surface area contributed by atoms with Gasteiger partial charge in [-0.1, -0.05) is 6.92 Å². The van der Waals surface area contributed by atoms with Crippen molar-refractivity contribution in [2.24, 2.45) is 13.0 Å². The van der Waals surface area contributed by atoms with E-state index in [4.69, 9.17) is 0 Å². The summed E-state index contributed by atoms with van der Waals surface area (Å²) in [6.45, 7) is 8.24. The minimum Gasteiger partial charge on any atom is -0.308 e. The van der Waals surface area contributed by atoms with Crippen LogP contribution in [0.1, 0.15) is 38.8 Å². The van der Waals surface area contributed by atoms with Crippen molar-refractivity contribution in [3.8, 4) is 0 Å². The molecule has 1 saturated carbocycles. The van der Waals surface area contributed by atoms with E-state index in [1.165, 1.54) is 31.5 Å². The predicted octanol–water partition coefficient (Wildman–Crippen LogP) is 1.82. The van der Waals surface area contributed by atoms with E-state index in [0.29, 0.717) is 11.6 Å². The molecule has 4 nitrogen and oxygen atoms in total. The highest BCUT2D eigenvalue weighted by Crippen LogP contribution is 2.41. The molecular formula is C16H28N4. The molecule has 4 heteroatoms. The third-order valence-electron chi connectivity index (χ3n) is 5.32. The van der Waals surface area contributed by atoms with Crippen molar-refractivity contribution in [2.75, 3.05) is 19.6 Å². The first-order valence-corrected chi connectivity index (χ1v) is 8.08. The number of hydrogen-bond donors (Lipinski definition) is 1. The maximum Gasteiger partial charge on any atom is 0.0492 e. The highest BCUT2D eigenvalue weighted by molar-refractivity contribution is 5.05. The third-order valence-corrected chi connectivity index (χ3v) is 5.32. The molecule has 2 aliphatic rings. The molecule has 1 aromatic rings. The molecule has 1 aliphatic carbocycles. The van der Waals surface area contributed by atoms with E-state index in [-0.39, 0.29) is 0 Å². The molecule has 2 unspecified atom stereocenters. The molecule has 1 saturated heterocycles. The van der Waals surface area contributed by atoms with Crippen LogP contribution in [0.5, 0.6) is 0 Å². The summed E-state index contributed by atoms with van der Waals surface area (Å²) in [6.07, 6.45) is 7.07. The van der Waals surface area contributed by atoms with Gasteiger partial charge in [0, 0.05) is 56.6 Å². The van der Waals surface area contributed by atoms with Crippen molar-refractivity contribution >= 4 is 0 Å². The van der Waals surface area contributed by atoms with Gasteiger partial charge in [-0.05, 0) is 38.2 Å². The number of aromatic nitrogens is 2. The van der Waals surface area contributed by atoms with Gasteiger partial charge >= 0.3 is 0 Å². The Hall–Kier alpha value is -0.870. The van der Waals surface area contributed by atoms with Crippen LogP contribution in [-0.4, -0.2) is 45.9 Å². The van der Waals surface area contributed by atoms with Crippen LogP contribution in [0, 0.1) is 5.92 Å². The van der Waals surface area contributed by atoms with Gasteiger partial charge in [0.1, 0.15) is 0 Å². The van der Waals surface area contributed by atoms with E-state index in [0.717, 1.165) is 25.4 Å². The molecule has 112 valence electrons. The quantitative estimate of drug-likeness (QED) is 0.890. The topological polar surface area (TPSA) is 33.1 Å². The smallest absolute Gasteiger partial charge is 0.0492 e. The van der Waals surface area contributed by atoms with Gasteiger partial charge in [-0.3, -0.25) is 9.58 Å². The Bertz CT molecular complexity index is 451. The Morgan fingerprint density at radius 3 is 2.85 bits per heavy atom. The van der Waals surface area contributed by atoms with Crippen molar-refractivity contribution in [1.82, 2.24) is 20.0 Å². The number of nitrogens with one attached hydrogen (secondary N) is 1. The van der Waals surface area contributed by atoms with Gasteiger partial charge < -0.3 is 5.32 Å². The highest BCUT2D eigenvalue weighted by atomic mass is 15.3. The van der Waals surface area contributed by atoms with E-state index in [1.54, 1.807) is 0 Å². The summed E-state index contributed by atoms with van der Waals surface area (Å²) >= 11 is 0. The molecule has 0 aromatic carbocycles. The van der Waals surface area contributed by atoms with E-state index < -0.39 is 0 Å². The Morgan fingerprint density at radius 2 is 2.25 bits per heavy atom.